The van der Waals surface area contributed by atoms with Gasteiger partial charge in [0.2, 0.25) is 0 Å². The van der Waals surface area contributed by atoms with Crippen molar-refractivity contribution in [3.8, 4) is 0 Å². The van der Waals surface area contributed by atoms with Crippen molar-refractivity contribution >= 4 is 6.29 Å². The Hall–Kier alpha value is -1.63. The molecule has 0 atom stereocenters. The largest absolute Gasteiger partial charge is 0.299 e. The minimum Gasteiger partial charge on any atom is -0.299 e. The van der Waals surface area contributed by atoms with Gasteiger partial charge in [0.05, 0.1) is 0 Å². The van der Waals surface area contributed by atoms with Gasteiger partial charge < -0.3 is 0 Å². The molecule has 0 heterocycles. The van der Waals surface area contributed by atoms with Crippen molar-refractivity contribution in [1.29, 1.82) is 0 Å². The summed E-state index contributed by atoms with van der Waals surface area (Å²) in [5.74, 6) is 0. The Labute approximate surface area is 136 Å². The molecule has 120 valence electrons. The maximum Gasteiger partial charge on any atom is 0.143 e. The van der Waals surface area contributed by atoms with Gasteiger partial charge in [-0.1, -0.05) is 62.3 Å². The molecular formula is C21H30O. The summed E-state index contributed by atoms with van der Waals surface area (Å²) >= 11 is 0. The van der Waals surface area contributed by atoms with Crippen LogP contribution in [0.25, 0.3) is 0 Å². The Morgan fingerprint density at radius 1 is 1.14 bits per heavy atom. The third kappa shape index (κ3) is 5.63. The van der Waals surface area contributed by atoms with Crippen LogP contribution in [0.15, 0.2) is 58.7 Å². The summed E-state index contributed by atoms with van der Waals surface area (Å²) in [6.07, 6.45) is 17.9. The van der Waals surface area contributed by atoms with Gasteiger partial charge in [0.1, 0.15) is 6.29 Å². The number of carbonyl (C=O) groups is 1. The van der Waals surface area contributed by atoms with Crippen LogP contribution in [0.4, 0.5) is 0 Å². The number of hydrogen-bond acceptors (Lipinski definition) is 1. The van der Waals surface area contributed by atoms with E-state index >= 15 is 0 Å². The summed E-state index contributed by atoms with van der Waals surface area (Å²) in [6.45, 7) is 11.0. The van der Waals surface area contributed by atoms with Crippen LogP contribution in [0.2, 0.25) is 0 Å². The summed E-state index contributed by atoms with van der Waals surface area (Å²) < 4.78 is 0. The van der Waals surface area contributed by atoms with Gasteiger partial charge in [0.25, 0.3) is 0 Å². The van der Waals surface area contributed by atoms with E-state index in [4.69, 9.17) is 0 Å². The number of rotatable bonds is 6. The van der Waals surface area contributed by atoms with Gasteiger partial charge in [0.15, 0.2) is 0 Å². The molecule has 22 heavy (non-hydrogen) atoms. The molecule has 0 aromatic heterocycles. The molecule has 0 bridgehead atoms. The van der Waals surface area contributed by atoms with Crippen LogP contribution < -0.4 is 0 Å². The highest BCUT2D eigenvalue weighted by Crippen LogP contribution is 2.41. The standard InChI is InChI=1S/C21H30O/c1-6-19-11-8-15-21(4,5)20(19)13-12-17(2)9-7-10-18(3)14-16-22/h7,9-10,12-14,16H,6,8,11,15H2,1-5H3/b10-7+,13-12+,17-9-,18-14+. The Balaban J connectivity index is 2.87. The lowest BCUT2D eigenvalue weighted by molar-refractivity contribution is -0.104. The molecule has 0 unspecified atom stereocenters. The predicted octanol–water partition coefficient (Wildman–Crippen LogP) is 6.11. The van der Waals surface area contributed by atoms with Crippen molar-refractivity contribution in [2.45, 2.75) is 60.3 Å². The van der Waals surface area contributed by atoms with Crippen LogP contribution in [0, 0.1) is 5.41 Å². The number of carbonyl (C=O) groups excluding carboxylic acids is 1. The SMILES string of the molecule is CCC1=C(/C=C/C(C)=C\C=C\C(C)=C\C=O)C(C)(C)CCC1. The fourth-order valence-corrected chi connectivity index (χ4v) is 2.99. The molecule has 0 aliphatic heterocycles. The van der Waals surface area contributed by atoms with E-state index in [1.54, 1.807) is 11.6 Å². The third-order valence-electron chi connectivity index (χ3n) is 4.38. The normalized spacial score (nSPS) is 20.2. The van der Waals surface area contributed by atoms with Gasteiger partial charge in [-0.25, -0.2) is 0 Å². The van der Waals surface area contributed by atoms with E-state index in [0.29, 0.717) is 5.41 Å². The fraction of sp³-hybridized carbons (Fsp3) is 0.476. The fourth-order valence-electron chi connectivity index (χ4n) is 2.99. The average molecular weight is 298 g/mol. The number of aldehydes is 1. The van der Waals surface area contributed by atoms with E-state index < -0.39 is 0 Å². The van der Waals surface area contributed by atoms with Gasteiger partial charge in [-0.05, 0) is 62.2 Å². The molecule has 0 aromatic carbocycles. The topological polar surface area (TPSA) is 17.1 Å². The first-order chi connectivity index (χ1) is 10.4. The molecule has 1 aliphatic rings. The molecule has 0 saturated carbocycles. The van der Waals surface area contributed by atoms with E-state index in [2.05, 4.69) is 45.9 Å². The van der Waals surface area contributed by atoms with E-state index in [1.807, 2.05) is 19.1 Å². The Bertz CT molecular complexity index is 536. The van der Waals surface area contributed by atoms with Crippen molar-refractivity contribution < 1.29 is 4.79 Å². The van der Waals surface area contributed by atoms with Crippen molar-refractivity contribution in [2.24, 2.45) is 5.41 Å². The Morgan fingerprint density at radius 2 is 1.82 bits per heavy atom. The van der Waals surface area contributed by atoms with Gasteiger partial charge in [-0.15, -0.1) is 0 Å². The summed E-state index contributed by atoms with van der Waals surface area (Å²) in [6, 6.07) is 0. The number of allylic oxidation sites excluding steroid dienone is 10. The molecule has 0 amide bonds. The maximum atomic E-state index is 10.4. The third-order valence-corrected chi connectivity index (χ3v) is 4.38. The van der Waals surface area contributed by atoms with Gasteiger partial charge in [-0.2, -0.15) is 0 Å². The smallest absolute Gasteiger partial charge is 0.143 e. The lowest BCUT2D eigenvalue weighted by Crippen LogP contribution is -2.19. The first-order valence-corrected chi connectivity index (χ1v) is 8.28. The Kier molecular flexibility index (Phi) is 7.31. The highest BCUT2D eigenvalue weighted by Gasteiger charge is 2.27. The van der Waals surface area contributed by atoms with Crippen LogP contribution >= 0.6 is 0 Å². The molecule has 0 fully saturated rings. The van der Waals surface area contributed by atoms with Crippen molar-refractivity contribution in [3.05, 3.63) is 58.7 Å². The molecule has 1 aliphatic carbocycles. The zero-order chi connectivity index (χ0) is 16.6. The molecule has 0 saturated heterocycles. The zero-order valence-corrected chi connectivity index (χ0v) is 14.8. The molecule has 1 nitrogen and oxygen atoms in total. The molecule has 0 aromatic rings. The van der Waals surface area contributed by atoms with Crippen molar-refractivity contribution in [2.75, 3.05) is 0 Å². The highest BCUT2D eigenvalue weighted by atomic mass is 16.1. The van der Waals surface area contributed by atoms with Crippen molar-refractivity contribution in [1.82, 2.24) is 0 Å². The van der Waals surface area contributed by atoms with Crippen LogP contribution in [0.1, 0.15) is 60.3 Å². The first-order valence-electron chi connectivity index (χ1n) is 8.28. The lowest BCUT2D eigenvalue weighted by atomic mass is 9.71. The minimum absolute atomic E-state index is 0.291. The second kappa shape index (κ2) is 8.73. The predicted molar refractivity (Wildman–Crippen MR) is 96.8 cm³/mol. The van der Waals surface area contributed by atoms with Crippen LogP contribution in [0.3, 0.4) is 0 Å². The molecule has 0 N–H and O–H groups in total. The second-order valence-corrected chi connectivity index (χ2v) is 6.76. The average Bonchev–Trinajstić information content (AvgIpc) is 2.45. The molecule has 0 radical (unpaired) electrons. The molecule has 1 heteroatoms. The van der Waals surface area contributed by atoms with E-state index in [9.17, 15) is 4.79 Å². The van der Waals surface area contributed by atoms with E-state index in [-0.39, 0.29) is 0 Å². The Morgan fingerprint density at radius 3 is 2.45 bits per heavy atom. The van der Waals surface area contributed by atoms with Gasteiger partial charge in [0, 0.05) is 0 Å². The van der Waals surface area contributed by atoms with Crippen LogP contribution in [0.5, 0.6) is 0 Å². The number of hydrogen-bond donors (Lipinski definition) is 0. The first kappa shape index (κ1) is 18.4. The minimum atomic E-state index is 0.291. The summed E-state index contributed by atoms with van der Waals surface area (Å²) in [5.41, 5.74) is 5.61. The van der Waals surface area contributed by atoms with Crippen LogP contribution in [-0.2, 0) is 4.79 Å². The molecule has 1 rings (SSSR count). The highest BCUT2D eigenvalue weighted by molar-refractivity contribution is 5.66. The summed E-state index contributed by atoms with van der Waals surface area (Å²) in [5, 5.41) is 0. The lowest BCUT2D eigenvalue weighted by Gasteiger charge is -2.33. The van der Waals surface area contributed by atoms with E-state index in [0.717, 1.165) is 18.3 Å². The van der Waals surface area contributed by atoms with Crippen molar-refractivity contribution in [3.63, 3.8) is 0 Å². The van der Waals surface area contributed by atoms with Crippen LogP contribution in [-0.4, -0.2) is 6.29 Å². The van der Waals surface area contributed by atoms with E-state index in [1.165, 1.54) is 30.4 Å². The zero-order valence-electron chi connectivity index (χ0n) is 14.8. The second-order valence-electron chi connectivity index (χ2n) is 6.76. The van der Waals surface area contributed by atoms with Gasteiger partial charge in [-0.3, -0.25) is 4.79 Å². The maximum absolute atomic E-state index is 10.4. The summed E-state index contributed by atoms with van der Waals surface area (Å²) in [4.78, 5) is 10.4. The summed E-state index contributed by atoms with van der Waals surface area (Å²) in [7, 11) is 0. The quantitative estimate of drug-likeness (QED) is 0.328. The monoisotopic (exact) mass is 298 g/mol. The molecule has 0 spiro atoms. The van der Waals surface area contributed by atoms with Gasteiger partial charge >= 0.3 is 0 Å². The molecular weight excluding hydrogens is 268 g/mol.